The van der Waals surface area contributed by atoms with E-state index in [-0.39, 0.29) is 18.1 Å². The molecule has 4 aromatic rings. The first-order chi connectivity index (χ1) is 17.0. The predicted octanol–water partition coefficient (Wildman–Crippen LogP) is 7.84. The lowest BCUT2D eigenvalue weighted by molar-refractivity contribution is -0.115. The summed E-state index contributed by atoms with van der Waals surface area (Å²) in [5.74, 6) is 0.997. The van der Waals surface area contributed by atoms with Gasteiger partial charge >= 0.3 is 0 Å². The molecule has 0 aliphatic rings. The fourth-order valence-electron chi connectivity index (χ4n) is 3.51. The number of halogens is 2. The van der Waals surface area contributed by atoms with Gasteiger partial charge in [-0.05, 0) is 60.0 Å². The smallest absolute Gasteiger partial charge is 0.228 e. The lowest BCUT2D eigenvalue weighted by Gasteiger charge is -2.14. The van der Waals surface area contributed by atoms with Gasteiger partial charge in [-0.3, -0.25) is 4.79 Å². The zero-order valence-corrected chi connectivity index (χ0v) is 20.8. The van der Waals surface area contributed by atoms with Crippen molar-refractivity contribution >= 4 is 35.0 Å². The molecule has 178 valence electrons. The molecular weight excluding hydrogens is 481 g/mol. The molecule has 0 atom stereocenters. The molecule has 0 spiro atoms. The summed E-state index contributed by atoms with van der Waals surface area (Å²) in [6.45, 7) is 2.04. The van der Waals surface area contributed by atoms with Crippen LogP contribution in [-0.2, 0) is 23.6 Å². The van der Waals surface area contributed by atoms with Crippen LogP contribution in [0.2, 0.25) is 5.02 Å². The first kappa shape index (κ1) is 24.8. The number of aryl methyl sites for hydroxylation is 1. The molecule has 3 nitrogen and oxygen atoms in total. The third-order valence-electron chi connectivity index (χ3n) is 5.42. The molecule has 0 fully saturated rings. The van der Waals surface area contributed by atoms with Crippen LogP contribution >= 0.6 is 23.4 Å². The van der Waals surface area contributed by atoms with E-state index in [9.17, 15) is 9.18 Å². The Bertz CT molecular complexity index is 1310. The molecule has 4 rings (SSSR count). The number of thioether (sulfide) groups is 1. The normalized spacial score (nSPS) is 10.7. The van der Waals surface area contributed by atoms with Crippen LogP contribution < -0.4 is 10.1 Å². The van der Waals surface area contributed by atoms with E-state index < -0.39 is 0 Å². The van der Waals surface area contributed by atoms with Gasteiger partial charge in [0.15, 0.2) is 0 Å². The summed E-state index contributed by atoms with van der Waals surface area (Å²) >= 11 is 7.88. The number of amides is 1. The Labute approximate surface area is 214 Å². The minimum atomic E-state index is -0.256. The molecule has 0 saturated carbocycles. The van der Waals surface area contributed by atoms with Gasteiger partial charge in [0, 0.05) is 26.9 Å². The zero-order chi connectivity index (χ0) is 24.6. The van der Waals surface area contributed by atoms with E-state index in [1.54, 1.807) is 36.9 Å². The van der Waals surface area contributed by atoms with E-state index in [0.29, 0.717) is 28.6 Å². The SMILES string of the molecule is Cc1cc(OCc2ccc(NC(=O)Cc3ccccc3Cl)cc2SCc2ccccc2)ccc1F. The van der Waals surface area contributed by atoms with Crippen molar-refractivity contribution in [2.75, 3.05) is 5.32 Å². The summed E-state index contributed by atoms with van der Waals surface area (Å²) in [5, 5.41) is 3.55. The summed E-state index contributed by atoms with van der Waals surface area (Å²) in [4.78, 5) is 13.7. The minimum Gasteiger partial charge on any atom is -0.489 e. The summed E-state index contributed by atoms with van der Waals surface area (Å²) in [6.07, 6.45) is 0.195. The van der Waals surface area contributed by atoms with Gasteiger partial charge in [0.25, 0.3) is 0 Å². The number of carbonyl (C=O) groups excluding carboxylic acids is 1. The lowest BCUT2D eigenvalue weighted by Crippen LogP contribution is -2.14. The fraction of sp³-hybridized carbons (Fsp3) is 0.138. The molecule has 0 bridgehead atoms. The summed E-state index contributed by atoms with van der Waals surface area (Å²) < 4.78 is 19.5. The van der Waals surface area contributed by atoms with Crippen LogP contribution in [0.15, 0.2) is 95.9 Å². The van der Waals surface area contributed by atoms with Gasteiger partial charge in [-0.1, -0.05) is 66.2 Å². The molecule has 0 heterocycles. The maximum Gasteiger partial charge on any atom is 0.228 e. The van der Waals surface area contributed by atoms with Crippen molar-refractivity contribution in [1.82, 2.24) is 0 Å². The van der Waals surface area contributed by atoms with Gasteiger partial charge in [-0.25, -0.2) is 4.39 Å². The highest BCUT2D eigenvalue weighted by Gasteiger charge is 2.11. The van der Waals surface area contributed by atoms with Crippen LogP contribution in [-0.4, -0.2) is 5.91 Å². The molecule has 0 aromatic heterocycles. The topological polar surface area (TPSA) is 38.3 Å². The van der Waals surface area contributed by atoms with Crippen molar-refractivity contribution in [3.05, 3.63) is 124 Å². The Hall–Kier alpha value is -3.28. The fourth-order valence-corrected chi connectivity index (χ4v) is 4.75. The van der Waals surface area contributed by atoms with E-state index in [1.807, 2.05) is 54.6 Å². The quantitative estimate of drug-likeness (QED) is 0.235. The molecule has 0 radical (unpaired) electrons. The van der Waals surface area contributed by atoms with Gasteiger partial charge in [-0.2, -0.15) is 0 Å². The third-order valence-corrected chi connectivity index (χ3v) is 6.96. The summed E-state index contributed by atoms with van der Waals surface area (Å²) in [5.41, 5.74) is 4.21. The van der Waals surface area contributed by atoms with Crippen molar-refractivity contribution in [2.45, 2.75) is 30.6 Å². The molecule has 0 saturated heterocycles. The van der Waals surface area contributed by atoms with Crippen molar-refractivity contribution in [2.24, 2.45) is 0 Å². The van der Waals surface area contributed by atoms with Gasteiger partial charge in [0.2, 0.25) is 5.91 Å². The molecule has 0 unspecified atom stereocenters. The highest BCUT2D eigenvalue weighted by molar-refractivity contribution is 7.98. The monoisotopic (exact) mass is 505 g/mol. The van der Waals surface area contributed by atoms with Crippen molar-refractivity contribution in [1.29, 1.82) is 0 Å². The Morgan fingerprint density at radius 3 is 2.49 bits per heavy atom. The van der Waals surface area contributed by atoms with Crippen LogP contribution in [0.25, 0.3) is 0 Å². The third kappa shape index (κ3) is 7.10. The number of hydrogen-bond donors (Lipinski definition) is 1. The van der Waals surface area contributed by atoms with Gasteiger partial charge in [-0.15, -0.1) is 11.8 Å². The number of rotatable bonds is 9. The van der Waals surface area contributed by atoms with E-state index in [1.165, 1.54) is 11.6 Å². The van der Waals surface area contributed by atoms with Gasteiger partial charge < -0.3 is 10.1 Å². The minimum absolute atomic E-state index is 0.136. The molecular formula is C29H25ClFNO2S. The molecule has 1 amide bonds. The molecule has 0 aliphatic carbocycles. The Morgan fingerprint density at radius 2 is 1.71 bits per heavy atom. The van der Waals surface area contributed by atoms with Gasteiger partial charge in [0.1, 0.15) is 18.2 Å². The van der Waals surface area contributed by atoms with Crippen molar-refractivity contribution < 1.29 is 13.9 Å². The predicted molar refractivity (Wildman–Crippen MR) is 142 cm³/mol. The van der Waals surface area contributed by atoms with Crippen LogP contribution in [0.4, 0.5) is 10.1 Å². The van der Waals surface area contributed by atoms with Crippen LogP contribution in [0.1, 0.15) is 22.3 Å². The molecule has 1 N–H and O–H groups in total. The maximum absolute atomic E-state index is 13.6. The number of anilines is 1. The lowest BCUT2D eigenvalue weighted by atomic mass is 10.1. The van der Waals surface area contributed by atoms with Crippen molar-refractivity contribution in [3.8, 4) is 5.75 Å². The number of nitrogens with one attached hydrogen (secondary N) is 1. The Balaban J connectivity index is 1.50. The van der Waals surface area contributed by atoms with Crippen LogP contribution in [0.5, 0.6) is 5.75 Å². The summed E-state index contributed by atoms with van der Waals surface area (Å²) in [7, 11) is 0. The van der Waals surface area contributed by atoms with E-state index in [4.69, 9.17) is 16.3 Å². The Kier molecular flexibility index (Phi) is 8.45. The first-order valence-corrected chi connectivity index (χ1v) is 12.6. The number of benzene rings is 4. The van der Waals surface area contributed by atoms with Gasteiger partial charge in [0.05, 0.1) is 6.42 Å². The van der Waals surface area contributed by atoms with E-state index in [0.717, 1.165) is 21.8 Å². The van der Waals surface area contributed by atoms with E-state index in [2.05, 4.69) is 17.4 Å². The van der Waals surface area contributed by atoms with E-state index >= 15 is 0 Å². The molecule has 4 aromatic carbocycles. The molecule has 0 aliphatic heterocycles. The standard InChI is InChI=1S/C29H25ClFNO2S/c1-20-15-25(13-14-27(20)31)34-18-23-11-12-24(17-28(23)35-19-21-7-3-2-4-8-21)32-29(33)16-22-9-5-6-10-26(22)30/h2-15,17H,16,18-19H2,1H3,(H,32,33). The first-order valence-electron chi connectivity index (χ1n) is 11.2. The Morgan fingerprint density at radius 1 is 0.943 bits per heavy atom. The van der Waals surface area contributed by atoms with Crippen molar-refractivity contribution in [3.63, 3.8) is 0 Å². The highest BCUT2D eigenvalue weighted by Crippen LogP contribution is 2.30. The number of hydrogen-bond acceptors (Lipinski definition) is 3. The zero-order valence-electron chi connectivity index (χ0n) is 19.3. The summed E-state index contributed by atoms with van der Waals surface area (Å²) in [6, 6.07) is 28.0. The molecule has 6 heteroatoms. The average molecular weight is 506 g/mol. The largest absolute Gasteiger partial charge is 0.489 e. The maximum atomic E-state index is 13.6. The second kappa shape index (κ2) is 11.9. The second-order valence-corrected chi connectivity index (χ2v) is 9.54. The molecule has 35 heavy (non-hydrogen) atoms. The highest BCUT2D eigenvalue weighted by atomic mass is 35.5. The van der Waals surface area contributed by atoms with Crippen LogP contribution in [0, 0.1) is 12.7 Å². The number of ether oxygens (including phenoxy) is 1. The second-order valence-electron chi connectivity index (χ2n) is 8.11. The van der Waals surface area contributed by atoms with Crippen LogP contribution in [0.3, 0.4) is 0 Å². The average Bonchev–Trinajstić information content (AvgIpc) is 2.86. The number of carbonyl (C=O) groups is 1.